The molecule has 0 aromatic heterocycles. The maximum Gasteiger partial charge on any atom is 0.199 e. The lowest BCUT2D eigenvalue weighted by atomic mass is 10.0. The summed E-state index contributed by atoms with van der Waals surface area (Å²) in [5.74, 6) is -5.00. The molecule has 0 saturated carbocycles. The summed E-state index contributed by atoms with van der Waals surface area (Å²) >= 11 is 0. The molecule has 110 valence electrons. The van der Waals surface area contributed by atoms with Gasteiger partial charge in [-0.2, -0.15) is 0 Å². The molecule has 0 bridgehead atoms. The number of carbonyl (C=O) groups excluding carboxylic acids is 1. The Hall–Kier alpha value is -2.30. The van der Waals surface area contributed by atoms with Crippen molar-refractivity contribution in [1.82, 2.24) is 0 Å². The van der Waals surface area contributed by atoms with Crippen molar-refractivity contribution in [1.29, 1.82) is 0 Å². The van der Waals surface area contributed by atoms with Crippen LogP contribution in [0.25, 0.3) is 0 Å². The highest BCUT2D eigenvalue weighted by Crippen LogP contribution is 2.25. The number of para-hydroxylation sites is 1. The van der Waals surface area contributed by atoms with Gasteiger partial charge in [-0.15, -0.1) is 0 Å². The van der Waals surface area contributed by atoms with Crippen molar-refractivity contribution in [3.05, 3.63) is 65.0 Å². The molecule has 2 rings (SSSR count). The first-order valence-electron chi connectivity index (χ1n) is 6.35. The van der Waals surface area contributed by atoms with Crippen molar-refractivity contribution >= 4 is 5.78 Å². The molecule has 0 amide bonds. The van der Waals surface area contributed by atoms with Crippen LogP contribution in [-0.4, -0.2) is 11.9 Å². The number of carbonyl (C=O) groups is 1. The first-order chi connectivity index (χ1) is 9.91. The van der Waals surface area contributed by atoms with Gasteiger partial charge in [0.15, 0.2) is 23.2 Å². The van der Waals surface area contributed by atoms with E-state index in [4.69, 9.17) is 4.74 Å². The number of benzene rings is 2. The van der Waals surface area contributed by atoms with Gasteiger partial charge in [-0.1, -0.05) is 12.1 Å². The van der Waals surface area contributed by atoms with Crippen molar-refractivity contribution in [2.24, 2.45) is 0 Å². The summed E-state index contributed by atoms with van der Waals surface area (Å²) in [5.41, 5.74) is -0.440. The van der Waals surface area contributed by atoms with Crippen LogP contribution in [0.5, 0.6) is 5.75 Å². The minimum Gasteiger partial charge on any atom is -0.490 e. The number of ketones is 1. The van der Waals surface area contributed by atoms with Gasteiger partial charge in [0.05, 0.1) is 17.2 Å². The second-order valence-electron chi connectivity index (χ2n) is 4.71. The molecule has 0 unspecified atom stereocenters. The van der Waals surface area contributed by atoms with Gasteiger partial charge >= 0.3 is 0 Å². The molecule has 2 aromatic rings. The van der Waals surface area contributed by atoms with Crippen LogP contribution >= 0.6 is 0 Å². The van der Waals surface area contributed by atoms with Crippen molar-refractivity contribution in [2.75, 3.05) is 0 Å². The van der Waals surface area contributed by atoms with Crippen LogP contribution in [0.4, 0.5) is 13.2 Å². The molecule has 0 aliphatic heterocycles. The normalized spacial score (nSPS) is 10.8. The van der Waals surface area contributed by atoms with Crippen LogP contribution in [0.15, 0.2) is 36.4 Å². The van der Waals surface area contributed by atoms with Gasteiger partial charge in [0.25, 0.3) is 0 Å². The second-order valence-corrected chi connectivity index (χ2v) is 4.71. The van der Waals surface area contributed by atoms with Crippen molar-refractivity contribution < 1.29 is 22.7 Å². The fourth-order valence-corrected chi connectivity index (χ4v) is 1.86. The first kappa shape index (κ1) is 15.1. The van der Waals surface area contributed by atoms with Gasteiger partial charge in [-0.05, 0) is 38.1 Å². The number of hydrogen-bond donors (Lipinski definition) is 0. The molecule has 21 heavy (non-hydrogen) atoms. The third kappa shape index (κ3) is 3.07. The average Bonchev–Trinajstić information content (AvgIpc) is 2.44. The van der Waals surface area contributed by atoms with Crippen LogP contribution in [-0.2, 0) is 0 Å². The number of ether oxygens (including phenoxy) is 1. The van der Waals surface area contributed by atoms with E-state index in [0.717, 1.165) is 12.1 Å². The summed E-state index contributed by atoms with van der Waals surface area (Å²) in [6.45, 7) is 3.55. The van der Waals surface area contributed by atoms with E-state index in [1.807, 2.05) is 0 Å². The van der Waals surface area contributed by atoms with Gasteiger partial charge < -0.3 is 4.74 Å². The lowest BCUT2D eigenvalue weighted by molar-refractivity contribution is 0.102. The fourth-order valence-electron chi connectivity index (χ4n) is 1.86. The third-order valence-corrected chi connectivity index (χ3v) is 2.77. The van der Waals surface area contributed by atoms with Crippen LogP contribution in [0.3, 0.4) is 0 Å². The summed E-state index contributed by atoms with van der Waals surface area (Å²) in [6, 6.07) is 7.89. The van der Waals surface area contributed by atoms with Crippen molar-refractivity contribution in [3.63, 3.8) is 0 Å². The van der Waals surface area contributed by atoms with E-state index >= 15 is 0 Å². The average molecular weight is 294 g/mol. The summed E-state index contributed by atoms with van der Waals surface area (Å²) in [7, 11) is 0. The predicted molar refractivity (Wildman–Crippen MR) is 72.0 cm³/mol. The Bertz CT molecular complexity index is 681. The van der Waals surface area contributed by atoms with Crippen LogP contribution < -0.4 is 4.74 Å². The van der Waals surface area contributed by atoms with Gasteiger partial charge in [-0.3, -0.25) is 4.79 Å². The van der Waals surface area contributed by atoms with E-state index in [0.29, 0.717) is 0 Å². The Morgan fingerprint density at radius 1 is 0.952 bits per heavy atom. The molecule has 5 heteroatoms. The quantitative estimate of drug-likeness (QED) is 0.626. The number of hydrogen-bond acceptors (Lipinski definition) is 2. The molecule has 0 atom stereocenters. The number of rotatable bonds is 4. The Balaban J connectivity index is 2.48. The zero-order valence-corrected chi connectivity index (χ0v) is 11.5. The molecular weight excluding hydrogens is 281 g/mol. The standard InChI is InChI=1S/C16H13F3O2/c1-9(2)21-13-6-4-3-5-10(13)16(20)11-7-8-12(17)15(19)14(11)18/h3-9H,1-2H3. The molecule has 0 heterocycles. The highest BCUT2D eigenvalue weighted by Gasteiger charge is 2.22. The van der Waals surface area contributed by atoms with E-state index in [1.54, 1.807) is 32.0 Å². The molecule has 0 N–H and O–H groups in total. The fraction of sp³-hybridized carbons (Fsp3) is 0.188. The van der Waals surface area contributed by atoms with Gasteiger partial charge in [0.1, 0.15) is 5.75 Å². The molecule has 2 nitrogen and oxygen atoms in total. The minimum absolute atomic E-state index is 0.0936. The highest BCUT2D eigenvalue weighted by atomic mass is 19.2. The topological polar surface area (TPSA) is 26.3 Å². The maximum absolute atomic E-state index is 13.7. The molecule has 2 aromatic carbocycles. The largest absolute Gasteiger partial charge is 0.490 e. The first-order valence-corrected chi connectivity index (χ1v) is 6.35. The van der Waals surface area contributed by atoms with Crippen LogP contribution in [0.2, 0.25) is 0 Å². The molecular formula is C16H13F3O2. The van der Waals surface area contributed by atoms with E-state index < -0.39 is 28.8 Å². The minimum atomic E-state index is -1.66. The summed E-state index contributed by atoms with van der Waals surface area (Å²) in [6.07, 6.45) is -0.186. The zero-order chi connectivity index (χ0) is 15.6. The van der Waals surface area contributed by atoms with Gasteiger partial charge in [-0.25, -0.2) is 13.2 Å². The summed E-state index contributed by atoms with van der Waals surface area (Å²) in [4.78, 5) is 12.3. The molecule has 0 radical (unpaired) electrons. The summed E-state index contributed by atoms with van der Waals surface area (Å²) in [5, 5.41) is 0. The van der Waals surface area contributed by atoms with E-state index in [1.165, 1.54) is 6.07 Å². The van der Waals surface area contributed by atoms with Crippen LogP contribution in [0.1, 0.15) is 29.8 Å². The monoisotopic (exact) mass is 294 g/mol. The highest BCUT2D eigenvalue weighted by molar-refractivity contribution is 6.10. The Morgan fingerprint density at radius 3 is 2.29 bits per heavy atom. The van der Waals surface area contributed by atoms with Crippen LogP contribution in [0, 0.1) is 17.5 Å². The Morgan fingerprint density at radius 2 is 1.62 bits per heavy atom. The second kappa shape index (κ2) is 5.99. The molecule has 0 aliphatic rings. The lowest BCUT2D eigenvalue weighted by Gasteiger charge is -2.13. The number of halogens is 3. The smallest absolute Gasteiger partial charge is 0.199 e. The van der Waals surface area contributed by atoms with Gasteiger partial charge in [0.2, 0.25) is 0 Å². The molecule has 0 aliphatic carbocycles. The maximum atomic E-state index is 13.7. The summed E-state index contributed by atoms with van der Waals surface area (Å²) < 4.78 is 45.4. The molecule has 0 spiro atoms. The lowest BCUT2D eigenvalue weighted by Crippen LogP contribution is -2.12. The third-order valence-electron chi connectivity index (χ3n) is 2.77. The SMILES string of the molecule is CC(C)Oc1ccccc1C(=O)c1ccc(F)c(F)c1F. The zero-order valence-electron chi connectivity index (χ0n) is 11.5. The Labute approximate surface area is 120 Å². The predicted octanol–water partition coefficient (Wildman–Crippen LogP) is 4.12. The van der Waals surface area contributed by atoms with Crippen molar-refractivity contribution in [3.8, 4) is 5.75 Å². The molecule has 0 fully saturated rings. The van der Waals surface area contributed by atoms with Gasteiger partial charge in [0, 0.05) is 0 Å². The van der Waals surface area contributed by atoms with E-state index in [9.17, 15) is 18.0 Å². The van der Waals surface area contributed by atoms with E-state index in [2.05, 4.69) is 0 Å². The Kier molecular flexibility index (Phi) is 4.31. The molecule has 0 saturated heterocycles. The van der Waals surface area contributed by atoms with Crippen molar-refractivity contribution in [2.45, 2.75) is 20.0 Å². The van der Waals surface area contributed by atoms with E-state index in [-0.39, 0.29) is 17.4 Å².